The van der Waals surface area contributed by atoms with E-state index in [9.17, 15) is 0 Å². The number of nitrogens with one attached hydrogen (secondary N) is 1. The maximum atomic E-state index is 6.29. The molecule has 1 saturated heterocycles. The van der Waals surface area contributed by atoms with E-state index in [1.807, 2.05) is 11.6 Å². The summed E-state index contributed by atoms with van der Waals surface area (Å²) in [5, 5.41) is 8.80. The van der Waals surface area contributed by atoms with Crippen molar-refractivity contribution >= 4 is 23.4 Å². The van der Waals surface area contributed by atoms with Crippen LogP contribution in [-0.4, -0.2) is 26.8 Å². The van der Waals surface area contributed by atoms with Gasteiger partial charge in [0, 0.05) is 24.4 Å². The van der Waals surface area contributed by atoms with Gasteiger partial charge < -0.3 is 5.32 Å². The van der Waals surface area contributed by atoms with Gasteiger partial charge in [-0.1, -0.05) is 11.6 Å². The lowest BCUT2D eigenvalue weighted by molar-refractivity contribution is 0.516. The highest BCUT2D eigenvalue weighted by Gasteiger charge is 2.29. The molecule has 1 aliphatic rings. The Morgan fingerprint density at radius 3 is 2.94 bits per heavy atom. The molecule has 102 valence electrons. The molecule has 0 aliphatic carbocycles. The van der Waals surface area contributed by atoms with Gasteiger partial charge in [-0.2, -0.15) is 16.9 Å². The monoisotopic (exact) mass is 287 g/mol. The molecule has 2 heterocycles. The van der Waals surface area contributed by atoms with Gasteiger partial charge >= 0.3 is 0 Å². The molecule has 1 aliphatic heterocycles. The topological polar surface area (TPSA) is 29.9 Å². The molecule has 1 unspecified atom stereocenters. The predicted molar refractivity (Wildman–Crippen MR) is 79.5 cm³/mol. The highest BCUT2D eigenvalue weighted by molar-refractivity contribution is 8.00. The van der Waals surface area contributed by atoms with Crippen molar-refractivity contribution < 1.29 is 0 Å². The molecule has 0 aromatic carbocycles. The zero-order valence-corrected chi connectivity index (χ0v) is 13.0. The molecule has 2 rings (SSSR count). The first kappa shape index (κ1) is 14.2. The fourth-order valence-electron chi connectivity index (χ4n) is 2.46. The summed E-state index contributed by atoms with van der Waals surface area (Å²) in [7, 11) is 0. The first-order valence-electron chi connectivity index (χ1n) is 6.62. The van der Waals surface area contributed by atoms with Crippen LogP contribution in [0.1, 0.15) is 38.1 Å². The van der Waals surface area contributed by atoms with Crippen LogP contribution >= 0.6 is 23.4 Å². The van der Waals surface area contributed by atoms with Gasteiger partial charge in [-0.15, -0.1) is 0 Å². The molecule has 1 aromatic heterocycles. The number of rotatable bonds is 5. The Kier molecular flexibility index (Phi) is 4.62. The summed E-state index contributed by atoms with van der Waals surface area (Å²) < 4.78 is 2.40. The fourth-order valence-corrected chi connectivity index (χ4v) is 3.94. The normalized spacial score (nSPS) is 23.8. The van der Waals surface area contributed by atoms with Crippen LogP contribution in [0.3, 0.4) is 0 Å². The smallest absolute Gasteiger partial charge is 0.0860 e. The minimum atomic E-state index is 0.401. The Hall–Kier alpha value is -0.190. The van der Waals surface area contributed by atoms with Gasteiger partial charge in [0.15, 0.2) is 0 Å². The molecule has 0 spiro atoms. The predicted octanol–water partition coefficient (Wildman–Crippen LogP) is 3.24. The third kappa shape index (κ3) is 3.03. The molecular formula is C13H22ClN3S. The van der Waals surface area contributed by atoms with Crippen LogP contribution in [0.15, 0.2) is 0 Å². The molecule has 5 heteroatoms. The number of thioether (sulfide) groups is 1. The van der Waals surface area contributed by atoms with E-state index in [2.05, 4.69) is 36.0 Å². The van der Waals surface area contributed by atoms with Gasteiger partial charge in [-0.05, 0) is 39.4 Å². The highest BCUT2D eigenvalue weighted by Crippen LogP contribution is 2.37. The number of aromatic nitrogens is 2. The summed E-state index contributed by atoms with van der Waals surface area (Å²) in [6.45, 7) is 9.14. The second kappa shape index (κ2) is 5.85. The lowest BCUT2D eigenvalue weighted by Gasteiger charge is -2.23. The Balaban J connectivity index is 1.93. The molecular weight excluding hydrogens is 266 g/mol. The number of hydrogen-bond donors (Lipinski definition) is 1. The molecule has 0 saturated carbocycles. The highest BCUT2D eigenvalue weighted by atomic mass is 35.5. The van der Waals surface area contributed by atoms with Crippen LogP contribution in [0.25, 0.3) is 0 Å². The summed E-state index contributed by atoms with van der Waals surface area (Å²) >= 11 is 8.38. The van der Waals surface area contributed by atoms with E-state index in [4.69, 9.17) is 11.6 Å². The van der Waals surface area contributed by atoms with Gasteiger partial charge in [-0.3, -0.25) is 4.68 Å². The molecule has 0 radical (unpaired) electrons. The summed E-state index contributed by atoms with van der Waals surface area (Å²) in [6.07, 6.45) is 2.65. The van der Waals surface area contributed by atoms with Crippen LogP contribution in [0.5, 0.6) is 0 Å². The zero-order valence-electron chi connectivity index (χ0n) is 11.4. The average Bonchev–Trinajstić information content (AvgIpc) is 2.88. The van der Waals surface area contributed by atoms with Crippen molar-refractivity contribution in [2.24, 2.45) is 0 Å². The SMILES string of the molecule is CCn1nc(C)c(Cl)c1CNCC1(C)CCCS1. The molecule has 0 bridgehead atoms. The van der Waals surface area contributed by atoms with Crippen LogP contribution < -0.4 is 5.32 Å². The lowest BCUT2D eigenvalue weighted by Crippen LogP contribution is -2.33. The second-order valence-electron chi connectivity index (χ2n) is 5.17. The Morgan fingerprint density at radius 1 is 1.56 bits per heavy atom. The van der Waals surface area contributed by atoms with Crippen molar-refractivity contribution in [2.75, 3.05) is 12.3 Å². The molecule has 3 nitrogen and oxygen atoms in total. The first-order valence-corrected chi connectivity index (χ1v) is 7.98. The van der Waals surface area contributed by atoms with Gasteiger partial charge in [0.2, 0.25) is 0 Å². The van der Waals surface area contributed by atoms with E-state index < -0.39 is 0 Å². The third-order valence-corrected chi connectivity index (χ3v) is 5.57. The Labute approximate surface area is 119 Å². The van der Waals surface area contributed by atoms with Crippen molar-refractivity contribution in [1.82, 2.24) is 15.1 Å². The van der Waals surface area contributed by atoms with Crippen LogP contribution in [-0.2, 0) is 13.1 Å². The van der Waals surface area contributed by atoms with Gasteiger partial charge in [0.1, 0.15) is 0 Å². The van der Waals surface area contributed by atoms with E-state index in [0.717, 1.165) is 36.0 Å². The molecule has 1 atom stereocenters. The van der Waals surface area contributed by atoms with E-state index >= 15 is 0 Å². The number of nitrogens with zero attached hydrogens (tertiary/aromatic N) is 2. The number of halogens is 1. The third-order valence-electron chi connectivity index (χ3n) is 3.54. The minimum absolute atomic E-state index is 0.401. The second-order valence-corrected chi connectivity index (χ2v) is 7.23. The van der Waals surface area contributed by atoms with Crippen molar-refractivity contribution in [3.05, 3.63) is 16.4 Å². The standard InChI is InChI=1S/C13H22ClN3S/c1-4-17-11(12(14)10(2)16-17)8-15-9-13(3)6-5-7-18-13/h15H,4-9H2,1-3H3. The largest absolute Gasteiger partial charge is 0.310 e. The summed E-state index contributed by atoms with van der Waals surface area (Å²) in [5.41, 5.74) is 2.04. The maximum absolute atomic E-state index is 6.29. The molecule has 18 heavy (non-hydrogen) atoms. The summed E-state index contributed by atoms with van der Waals surface area (Å²) in [6, 6.07) is 0. The van der Waals surface area contributed by atoms with Crippen molar-refractivity contribution in [3.8, 4) is 0 Å². The molecule has 1 fully saturated rings. The van der Waals surface area contributed by atoms with Crippen LogP contribution in [0.4, 0.5) is 0 Å². The molecule has 1 N–H and O–H groups in total. The van der Waals surface area contributed by atoms with Crippen molar-refractivity contribution in [2.45, 2.75) is 51.4 Å². The lowest BCUT2D eigenvalue weighted by atomic mass is 10.1. The Bertz CT molecular complexity index is 411. The quantitative estimate of drug-likeness (QED) is 0.902. The Morgan fingerprint density at radius 2 is 2.33 bits per heavy atom. The average molecular weight is 288 g/mol. The summed E-state index contributed by atoms with van der Waals surface area (Å²) in [4.78, 5) is 0. The zero-order chi connectivity index (χ0) is 13.2. The van der Waals surface area contributed by atoms with E-state index in [-0.39, 0.29) is 0 Å². The fraction of sp³-hybridized carbons (Fsp3) is 0.769. The van der Waals surface area contributed by atoms with Gasteiger partial charge in [0.05, 0.1) is 16.4 Å². The van der Waals surface area contributed by atoms with Crippen molar-refractivity contribution in [1.29, 1.82) is 0 Å². The van der Waals surface area contributed by atoms with E-state index in [0.29, 0.717) is 4.75 Å². The maximum Gasteiger partial charge on any atom is 0.0860 e. The van der Waals surface area contributed by atoms with Gasteiger partial charge in [0.25, 0.3) is 0 Å². The van der Waals surface area contributed by atoms with Crippen molar-refractivity contribution in [3.63, 3.8) is 0 Å². The van der Waals surface area contributed by atoms with E-state index in [1.54, 1.807) is 0 Å². The molecule has 0 amide bonds. The van der Waals surface area contributed by atoms with Gasteiger partial charge in [-0.25, -0.2) is 0 Å². The summed E-state index contributed by atoms with van der Waals surface area (Å²) in [5.74, 6) is 1.30. The van der Waals surface area contributed by atoms with E-state index in [1.165, 1.54) is 18.6 Å². The number of hydrogen-bond acceptors (Lipinski definition) is 3. The number of aryl methyl sites for hydroxylation is 2. The van der Waals surface area contributed by atoms with Crippen LogP contribution in [0.2, 0.25) is 5.02 Å². The first-order chi connectivity index (χ1) is 8.56. The van der Waals surface area contributed by atoms with Crippen LogP contribution in [0, 0.1) is 6.92 Å². The molecule has 1 aromatic rings. The minimum Gasteiger partial charge on any atom is -0.310 e.